The van der Waals surface area contributed by atoms with Crippen LogP contribution in [0.25, 0.3) is 0 Å². The molecule has 6 nitrogen and oxygen atoms in total. The van der Waals surface area contributed by atoms with E-state index in [0.29, 0.717) is 11.6 Å². The van der Waals surface area contributed by atoms with Gasteiger partial charge in [0, 0.05) is 25.8 Å². The SMILES string of the molecule is Cc1ccc(CN2CCn3cc(C(=O)NCC4CC4)nc3[C@@H]2C)o1. The normalized spacial score (nSPS) is 20.8. The maximum atomic E-state index is 12.3. The molecule has 2 aliphatic rings. The van der Waals surface area contributed by atoms with Crippen LogP contribution in [-0.4, -0.2) is 33.4 Å². The van der Waals surface area contributed by atoms with E-state index in [0.717, 1.165) is 43.5 Å². The highest BCUT2D eigenvalue weighted by Crippen LogP contribution is 2.28. The molecule has 128 valence electrons. The molecule has 1 fully saturated rings. The third kappa shape index (κ3) is 3.11. The number of hydrogen-bond acceptors (Lipinski definition) is 4. The smallest absolute Gasteiger partial charge is 0.271 e. The minimum absolute atomic E-state index is 0.0517. The number of furan rings is 1. The summed E-state index contributed by atoms with van der Waals surface area (Å²) in [5.74, 6) is 3.50. The van der Waals surface area contributed by atoms with Gasteiger partial charge in [-0.1, -0.05) is 0 Å². The molecule has 3 heterocycles. The Bertz CT molecular complexity index is 744. The first-order valence-electron chi connectivity index (χ1n) is 8.75. The molecule has 1 N–H and O–H groups in total. The first-order valence-corrected chi connectivity index (χ1v) is 8.75. The van der Waals surface area contributed by atoms with Gasteiger partial charge in [-0.15, -0.1) is 0 Å². The molecule has 24 heavy (non-hydrogen) atoms. The van der Waals surface area contributed by atoms with Gasteiger partial charge in [0.15, 0.2) is 0 Å². The summed E-state index contributed by atoms with van der Waals surface area (Å²) in [6.07, 6.45) is 4.36. The van der Waals surface area contributed by atoms with Crippen molar-refractivity contribution in [2.24, 2.45) is 5.92 Å². The summed E-state index contributed by atoms with van der Waals surface area (Å²) in [5, 5.41) is 3.00. The third-order valence-corrected chi connectivity index (χ3v) is 4.99. The lowest BCUT2D eigenvalue weighted by Crippen LogP contribution is -2.36. The fraction of sp³-hybridized carbons (Fsp3) is 0.556. The molecule has 0 unspecified atom stereocenters. The minimum atomic E-state index is -0.0517. The summed E-state index contributed by atoms with van der Waals surface area (Å²) < 4.78 is 7.80. The van der Waals surface area contributed by atoms with Gasteiger partial charge in [0.1, 0.15) is 23.0 Å². The molecule has 6 heteroatoms. The molecule has 0 aromatic carbocycles. The lowest BCUT2D eigenvalue weighted by Gasteiger charge is -2.32. The molecule has 2 aromatic heterocycles. The van der Waals surface area contributed by atoms with Crippen LogP contribution in [-0.2, 0) is 13.1 Å². The van der Waals surface area contributed by atoms with Gasteiger partial charge in [-0.25, -0.2) is 4.98 Å². The number of imidazole rings is 1. The number of fused-ring (bicyclic) bond motifs is 1. The van der Waals surface area contributed by atoms with Crippen molar-refractivity contribution in [2.45, 2.75) is 45.8 Å². The second-order valence-electron chi connectivity index (χ2n) is 6.99. The number of hydrogen-bond donors (Lipinski definition) is 1. The molecule has 1 aliphatic carbocycles. The van der Waals surface area contributed by atoms with E-state index in [1.165, 1.54) is 12.8 Å². The monoisotopic (exact) mass is 328 g/mol. The van der Waals surface area contributed by atoms with Crippen molar-refractivity contribution in [3.05, 3.63) is 41.4 Å². The average Bonchev–Trinajstić information content (AvgIpc) is 3.14. The maximum absolute atomic E-state index is 12.3. The Kier molecular flexibility index (Phi) is 3.92. The van der Waals surface area contributed by atoms with Crippen molar-refractivity contribution in [2.75, 3.05) is 13.1 Å². The Hall–Kier alpha value is -2.08. The number of carbonyl (C=O) groups excluding carboxylic acids is 1. The third-order valence-electron chi connectivity index (χ3n) is 4.99. The minimum Gasteiger partial charge on any atom is -0.465 e. The van der Waals surface area contributed by atoms with Gasteiger partial charge in [0.2, 0.25) is 0 Å². The standard InChI is InChI=1S/C18H24N4O2/c1-12-3-6-15(24-12)10-21-7-8-22-11-16(20-17(22)13(21)2)18(23)19-9-14-4-5-14/h3,6,11,13-14H,4-5,7-10H2,1-2H3,(H,19,23)/t13-/m0/s1. The van der Waals surface area contributed by atoms with E-state index in [1.807, 2.05) is 25.3 Å². The summed E-state index contributed by atoms with van der Waals surface area (Å²) in [5.41, 5.74) is 0.535. The van der Waals surface area contributed by atoms with Gasteiger partial charge in [-0.2, -0.15) is 0 Å². The number of nitrogens with zero attached hydrogens (tertiary/aromatic N) is 3. The Morgan fingerprint density at radius 3 is 2.92 bits per heavy atom. The molecule has 0 bridgehead atoms. The second kappa shape index (κ2) is 6.09. The lowest BCUT2D eigenvalue weighted by molar-refractivity contribution is 0.0947. The van der Waals surface area contributed by atoms with Gasteiger partial charge in [0.25, 0.3) is 5.91 Å². The molecule has 0 radical (unpaired) electrons. The fourth-order valence-electron chi connectivity index (χ4n) is 3.28. The van der Waals surface area contributed by atoms with E-state index >= 15 is 0 Å². The van der Waals surface area contributed by atoms with E-state index in [9.17, 15) is 4.79 Å². The predicted molar refractivity (Wildman–Crippen MR) is 89.6 cm³/mol. The highest BCUT2D eigenvalue weighted by molar-refractivity contribution is 5.92. The second-order valence-corrected chi connectivity index (χ2v) is 6.99. The summed E-state index contributed by atoms with van der Waals surface area (Å²) in [7, 11) is 0. The number of aryl methyl sites for hydroxylation is 1. The van der Waals surface area contributed by atoms with Crippen molar-refractivity contribution in [3.8, 4) is 0 Å². The van der Waals surface area contributed by atoms with Crippen LogP contribution in [0.5, 0.6) is 0 Å². The molecule has 4 rings (SSSR count). The van der Waals surface area contributed by atoms with Crippen molar-refractivity contribution in [3.63, 3.8) is 0 Å². The van der Waals surface area contributed by atoms with E-state index < -0.39 is 0 Å². The van der Waals surface area contributed by atoms with Crippen molar-refractivity contribution in [1.29, 1.82) is 0 Å². The number of amides is 1. The predicted octanol–water partition coefficient (Wildman–Crippen LogP) is 2.50. The van der Waals surface area contributed by atoms with Gasteiger partial charge >= 0.3 is 0 Å². The Labute approximate surface area is 141 Å². The van der Waals surface area contributed by atoms with Crippen LogP contribution in [0.15, 0.2) is 22.7 Å². The zero-order valence-electron chi connectivity index (χ0n) is 14.3. The van der Waals surface area contributed by atoms with Crippen LogP contribution in [0.2, 0.25) is 0 Å². The molecule has 1 saturated carbocycles. The van der Waals surface area contributed by atoms with Crippen molar-refractivity contribution >= 4 is 5.91 Å². The first-order chi connectivity index (χ1) is 11.6. The molecule has 0 saturated heterocycles. The quantitative estimate of drug-likeness (QED) is 0.916. The Balaban J connectivity index is 1.45. The lowest BCUT2D eigenvalue weighted by atomic mass is 10.2. The molecule has 1 aliphatic heterocycles. The number of nitrogens with one attached hydrogen (secondary N) is 1. The number of rotatable bonds is 5. The summed E-state index contributed by atoms with van der Waals surface area (Å²) >= 11 is 0. The molecule has 1 atom stereocenters. The van der Waals surface area contributed by atoms with Gasteiger partial charge in [-0.05, 0) is 44.7 Å². The summed E-state index contributed by atoms with van der Waals surface area (Å²) in [6, 6.07) is 4.18. The molecule has 1 amide bonds. The van der Waals surface area contributed by atoms with E-state index in [1.54, 1.807) is 0 Å². The molecule has 0 spiro atoms. The summed E-state index contributed by atoms with van der Waals surface area (Å²) in [4.78, 5) is 19.2. The van der Waals surface area contributed by atoms with Gasteiger partial charge < -0.3 is 14.3 Å². The van der Waals surface area contributed by atoms with Crippen LogP contribution in [0.1, 0.15) is 53.6 Å². The number of carbonyl (C=O) groups is 1. The highest BCUT2D eigenvalue weighted by Gasteiger charge is 2.28. The van der Waals surface area contributed by atoms with Crippen molar-refractivity contribution < 1.29 is 9.21 Å². The van der Waals surface area contributed by atoms with E-state index in [4.69, 9.17) is 4.42 Å². The van der Waals surface area contributed by atoms with E-state index in [-0.39, 0.29) is 11.9 Å². The summed E-state index contributed by atoms with van der Waals surface area (Å²) in [6.45, 7) is 7.42. The molecular formula is C18H24N4O2. The van der Waals surface area contributed by atoms with Crippen LogP contribution in [0.4, 0.5) is 0 Å². The van der Waals surface area contributed by atoms with Crippen molar-refractivity contribution in [1.82, 2.24) is 19.8 Å². The maximum Gasteiger partial charge on any atom is 0.271 e. The molecule has 2 aromatic rings. The van der Waals surface area contributed by atoms with Crippen LogP contribution in [0, 0.1) is 12.8 Å². The Morgan fingerprint density at radius 2 is 2.21 bits per heavy atom. The topological polar surface area (TPSA) is 63.3 Å². The fourth-order valence-corrected chi connectivity index (χ4v) is 3.28. The first kappa shape index (κ1) is 15.4. The molecular weight excluding hydrogens is 304 g/mol. The van der Waals surface area contributed by atoms with Crippen LogP contribution < -0.4 is 5.32 Å². The average molecular weight is 328 g/mol. The van der Waals surface area contributed by atoms with Gasteiger partial charge in [-0.3, -0.25) is 9.69 Å². The largest absolute Gasteiger partial charge is 0.465 e. The van der Waals surface area contributed by atoms with Crippen LogP contribution in [0.3, 0.4) is 0 Å². The van der Waals surface area contributed by atoms with Gasteiger partial charge in [0.05, 0.1) is 12.6 Å². The zero-order chi connectivity index (χ0) is 16.7. The Morgan fingerprint density at radius 1 is 1.38 bits per heavy atom. The zero-order valence-corrected chi connectivity index (χ0v) is 14.3. The number of aromatic nitrogens is 2. The van der Waals surface area contributed by atoms with Crippen LogP contribution >= 0.6 is 0 Å². The highest BCUT2D eigenvalue weighted by atomic mass is 16.3. The van der Waals surface area contributed by atoms with E-state index in [2.05, 4.69) is 26.7 Å².